The Labute approximate surface area is 850 Å². The molecule has 0 spiro atoms. The van der Waals surface area contributed by atoms with Gasteiger partial charge in [0, 0.05) is 123 Å². The van der Waals surface area contributed by atoms with E-state index < -0.39 is 166 Å². The van der Waals surface area contributed by atoms with Crippen LogP contribution in [0.15, 0.2) is 168 Å². The molecule has 2 aromatic heterocycles. The molecule has 8 heterocycles. The molecule has 2 bridgehead atoms. The molecule has 2 saturated carbocycles. The van der Waals surface area contributed by atoms with E-state index in [-0.39, 0.29) is 84.5 Å². The van der Waals surface area contributed by atoms with Crippen LogP contribution in [-0.2, 0) is 118 Å². The number of ketones is 4. The number of hydrogen-bond acceptors (Lipinski definition) is 29. The van der Waals surface area contributed by atoms with Crippen molar-refractivity contribution in [1.29, 1.82) is 0 Å². The highest BCUT2D eigenvalue weighted by molar-refractivity contribution is 6.29. The summed E-state index contributed by atoms with van der Waals surface area (Å²) in [6, 6.07) is 43.7. The van der Waals surface area contributed by atoms with Gasteiger partial charge in [-0.1, -0.05) is 145 Å². The van der Waals surface area contributed by atoms with E-state index in [2.05, 4.69) is 23.2 Å². The smallest absolute Gasteiger partial charge is 0.338 e. The molecule has 11 aliphatic rings. The summed E-state index contributed by atoms with van der Waals surface area (Å²) in [6.45, 7) is 27.8. The van der Waals surface area contributed by atoms with Crippen LogP contribution in [0.1, 0.15) is 263 Å². The molecular formula is C115H134N4O27. The molecule has 19 rings (SSSR count). The summed E-state index contributed by atoms with van der Waals surface area (Å²) >= 11 is 0. The molecule has 4 saturated heterocycles. The van der Waals surface area contributed by atoms with Gasteiger partial charge in [-0.2, -0.15) is 0 Å². The van der Waals surface area contributed by atoms with Crippen LogP contribution in [0.3, 0.4) is 0 Å². The van der Waals surface area contributed by atoms with Crippen molar-refractivity contribution in [1.82, 2.24) is 19.8 Å². The SMILES string of the molecule is CC[C@@]1(C)C(=O)OCc2c1cc1n(c2=O)Cc2cc3ccccc3nc2-1.CC[C@]1(C)C[C@@H](O[C@@H]2CC(N(C)C)[C@@H](O[C@@H]3C[C@@H](OC)[C@@H](OC4CCC(=O)[C@@H](C)O4)[C@@H](C)O3)[C@@H](C)O2)c2c(cc3c(c2C)C(=O)c2c(C)cccc2C3=O)[C@@H]1C(=O)OC.CO[C@H]1CC2OC[C@@]2(OC(C)=O)[C@H]2[C@H](OC(=O)c3ccccc3)[C@]3(O)C[C@H](OC(=O)[C@H](OC)[C@@H](NC(=O)c4ccccc4)c4ccccc4)C(C)=C([C@@H](C)C(=O)[C@]12C)C3(C)C. The molecule has 0 radical (unpaired) electrons. The average Bonchev–Trinajstić information content (AvgIpc) is 1.11. The first-order valence-electron chi connectivity index (χ1n) is 50.6. The zero-order chi connectivity index (χ0) is 105. The summed E-state index contributed by atoms with van der Waals surface area (Å²) in [7, 11) is 9.86. The van der Waals surface area contributed by atoms with Crippen LogP contribution in [0.2, 0.25) is 0 Å². The maximum Gasteiger partial charge on any atom is 0.338 e. The number of Topliss-reactive ketones (excluding diaryl/α,β-unsaturated/α-hetero) is 2. The highest BCUT2D eigenvalue weighted by Crippen LogP contribution is 2.66. The fourth-order valence-electron chi connectivity index (χ4n) is 25.3. The standard InChI is InChI=1S/C48H55NO12.C46H61NO12.C21H18N2O3/c1-27-33(59-44(54)38(57-8)37(30-18-12-9-13-19-30)49-42(52)31-20-14-10-15-21-31)25-48(55)41(60-43(53)32-22-16-11-17-23-32)39-46(6,40(51)28(2)36(27)45(48,4)5)34(56-7)24-35-47(39,26-58-35)61-29(3)50;1-12-46(7)21-33(38-23(3)39-29(18-28(38)40(46)45(51)53-11)41(49)27-15-13-14-22(2)37(27)42(39)50)57-35-19-30(47(8)9)43(25(5)55-35)59-36-20-32(52-10)44(26(6)56-36)58-34-17-16-31(48)24(4)54-34;1-3-21(2)15-9-17-18-13(8-12-6-4-5-7-16(12)22-18)10-23(17)19(24)14(15)11-26-20(21)25/h9-23,28,33-35,37-39,41,55H,24-26H2,1-8H3,(H,49,52);13-15,18,24-26,30,32-36,40,43-44H,12,16-17,19-21H2,1-11H3;4-9H,3,10-11H2,1-2H3/t28-,33+,34+,35?,37+,38-,39+,41+,46-,47+,48-;24-,25-,26-,30?,32-,33-,34?,35-,36-,40-,43+,44+,46-;21-/m111/s1. The van der Waals surface area contributed by atoms with Crippen molar-refractivity contribution in [2.75, 3.05) is 49.1 Å². The van der Waals surface area contributed by atoms with Gasteiger partial charge in [0.05, 0.1) is 108 Å². The van der Waals surface area contributed by atoms with Gasteiger partial charge in [0.25, 0.3) is 11.5 Å². The predicted octanol–water partition coefficient (Wildman–Crippen LogP) is 15.2. The average molecular weight is 2000 g/mol. The van der Waals surface area contributed by atoms with Gasteiger partial charge >= 0.3 is 29.8 Å². The number of carbonyl (C=O) groups excluding carboxylic acids is 10. The van der Waals surface area contributed by atoms with Crippen molar-refractivity contribution < 1.29 is 124 Å². The second-order valence-corrected chi connectivity index (χ2v) is 42.4. The number of methoxy groups -OCH3 is 4. The van der Waals surface area contributed by atoms with Crippen LogP contribution < -0.4 is 10.9 Å². The molecule has 1 amide bonds. The van der Waals surface area contributed by atoms with Gasteiger partial charge < -0.3 is 90.9 Å². The maximum absolute atomic E-state index is 15.5. The van der Waals surface area contributed by atoms with Crippen molar-refractivity contribution >= 4 is 69.8 Å². The second-order valence-electron chi connectivity index (χ2n) is 42.4. The molecule has 3 unspecified atom stereocenters. The predicted molar refractivity (Wildman–Crippen MR) is 534 cm³/mol. The fraction of sp³-hybridized carbons (Fsp3) is 0.513. The number of esters is 5. The molecule has 6 aliphatic heterocycles. The van der Waals surface area contributed by atoms with E-state index >= 15 is 4.79 Å². The molecular weight excluding hydrogens is 1870 g/mol. The summed E-state index contributed by atoms with van der Waals surface area (Å²) in [6.07, 6.45) is -7.17. The second kappa shape index (κ2) is 41.5. The first-order chi connectivity index (χ1) is 69.5. The largest absolute Gasteiger partial charge is 0.469 e. The lowest BCUT2D eigenvalue weighted by Crippen LogP contribution is -2.81. The highest BCUT2D eigenvalue weighted by Gasteiger charge is 2.78. The fourth-order valence-corrected chi connectivity index (χ4v) is 25.3. The monoisotopic (exact) mass is 2000 g/mol. The molecule has 5 aliphatic carbocycles. The van der Waals surface area contributed by atoms with Crippen molar-refractivity contribution in [3.8, 4) is 11.4 Å². The Morgan fingerprint density at radius 1 is 0.678 bits per heavy atom. The van der Waals surface area contributed by atoms with E-state index in [1.165, 1.54) is 28.3 Å². The number of nitrogens with zero attached hydrogens (tertiary/aromatic N) is 3. The minimum absolute atomic E-state index is 0.0502. The molecule has 31 heteroatoms. The number of para-hydroxylation sites is 1. The summed E-state index contributed by atoms with van der Waals surface area (Å²) in [5.74, 6) is -6.82. The van der Waals surface area contributed by atoms with Crippen molar-refractivity contribution in [3.63, 3.8) is 0 Å². The number of likely N-dealkylation sites (N-methyl/N-ethyl adjacent to an activating group) is 1. The highest BCUT2D eigenvalue weighted by atomic mass is 16.7. The molecule has 776 valence electrons. The van der Waals surface area contributed by atoms with E-state index in [9.17, 15) is 53.1 Å². The molecule has 146 heavy (non-hydrogen) atoms. The van der Waals surface area contributed by atoms with Gasteiger partial charge in [0.1, 0.15) is 54.6 Å². The Morgan fingerprint density at radius 3 is 1.97 bits per heavy atom. The molecule has 31 nitrogen and oxygen atoms in total. The third kappa shape index (κ3) is 18.5. The lowest BCUT2D eigenvalue weighted by molar-refractivity contribution is -0.346. The number of nitrogens with one attached hydrogen (secondary N) is 1. The quantitative estimate of drug-likeness (QED) is 0.0361. The summed E-state index contributed by atoms with van der Waals surface area (Å²) in [4.78, 5) is 158. The third-order valence-corrected chi connectivity index (χ3v) is 33.6. The normalized spacial score (nSPS) is 31.7. The first-order valence-corrected chi connectivity index (χ1v) is 50.6. The minimum atomic E-state index is -2.09. The molecule has 25 atom stereocenters. The zero-order valence-corrected chi connectivity index (χ0v) is 86.9. The third-order valence-electron chi connectivity index (χ3n) is 33.6. The summed E-state index contributed by atoms with van der Waals surface area (Å²) in [5, 5.41) is 17.8. The van der Waals surface area contributed by atoms with Crippen LogP contribution in [0, 0.1) is 41.9 Å². The Bertz CT molecular complexity index is 6520. The van der Waals surface area contributed by atoms with E-state index in [0.29, 0.717) is 113 Å². The van der Waals surface area contributed by atoms with Crippen LogP contribution in [0.5, 0.6) is 0 Å². The van der Waals surface area contributed by atoms with Gasteiger partial charge in [-0.15, -0.1) is 0 Å². The summed E-state index contributed by atoms with van der Waals surface area (Å²) < 4.78 is 94.6. The van der Waals surface area contributed by atoms with E-state index in [4.69, 9.17) is 76.0 Å². The first kappa shape index (κ1) is 106. The number of aromatic nitrogens is 2. The van der Waals surface area contributed by atoms with Gasteiger partial charge in [-0.25, -0.2) is 14.6 Å². The van der Waals surface area contributed by atoms with E-state index in [0.717, 1.165) is 44.5 Å². The number of carbonyl (C=O) groups is 10. The van der Waals surface area contributed by atoms with Gasteiger partial charge in [0.15, 0.2) is 47.9 Å². The number of aryl methyl sites for hydroxylation is 1. The number of ether oxygens (including phenoxy) is 15. The van der Waals surface area contributed by atoms with Crippen molar-refractivity contribution in [3.05, 3.63) is 251 Å². The molecule has 8 aromatic rings. The Balaban J connectivity index is 0.000000161. The Kier molecular flexibility index (Phi) is 30.1. The number of fused-ring (bicyclic) bond motifs is 13. The van der Waals surface area contributed by atoms with Crippen molar-refractivity contribution in [2.24, 2.45) is 28.1 Å². The molecule has 6 aromatic carbocycles. The van der Waals surface area contributed by atoms with Gasteiger partial charge in [-0.3, -0.25) is 43.2 Å². The van der Waals surface area contributed by atoms with Gasteiger partial charge in [-0.05, 0) is 187 Å². The Morgan fingerprint density at radius 2 is 1.34 bits per heavy atom. The molecule has 2 N–H and O–H groups in total. The van der Waals surface area contributed by atoms with E-state index in [1.54, 1.807) is 156 Å². The summed E-state index contributed by atoms with van der Waals surface area (Å²) in [5.41, 5.74) is 3.40. The minimum Gasteiger partial charge on any atom is -0.469 e. The maximum atomic E-state index is 15.5. The van der Waals surface area contributed by atoms with Crippen LogP contribution in [0.25, 0.3) is 22.3 Å². The zero-order valence-electron chi connectivity index (χ0n) is 86.9. The van der Waals surface area contributed by atoms with Gasteiger partial charge in [0.2, 0.25) is 0 Å². The number of cyclic esters (lactones) is 1. The topological polar surface area (TPSA) is 380 Å². The number of benzene rings is 6. The lowest BCUT2D eigenvalue weighted by atomic mass is 9.43. The van der Waals surface area contributed by atoms with E-state index in [1.807, 2.05) is 105 Å². The van der Waals surface area contributed by atoms with Crippen molar-refractivity contribution in [2.45, 2.75) is 302 Å². The lowest BCUT2D eigenvalue weighted by Gasteiger charge is -2.68. The number of aliphatic hydroxyl groups is 1. The number of hydrogen-bond donors (Lipinski definition) is 2. The number of pyridine rings is 2. The number of rotatable bonds is 22. The Hall–Kier alpha value is -11.6. The number of amides is 1. The van der Waals surface area contributed by atoms with Crippen LogP contribution in [0.4, 0.5) is 0 Å². The van der Waals surface area contributed by atoms with Crippen LogP contribution in [-0.4, -0.2) is 231 Å². The molecule has 6 fully saturated rings. The van der Waals surface area contributed by atoms with Crippen LogP contribution >= 0.6 is 0 Å².